The van der Waals surface area contributed by atoms with Crippen molar-refractivity contribution in [3.8, 4) is 0 Å². The Balaban J connectivity index is 1.67. The number of hydrogen-bond acceptors (Lipinski definition) is 3. The zero-order chi connectivity index (χ0) is 12.4. The summed E-state index contributed by atoms with van der Waals surface area (Å²) >= 11 is 0. The Morgan fingerprint density at radius 3 is 2.94 bits per heavy atom. The highest BCUT2D eigenvalue weighted by Gasteiger charge is 2.29. The molecule has 0 radical (unpaired) electrons. The highest BCUT2D eigenvalue weighted by molar-refractivity contribution is 5.38. The minimum absolute atomic E-state index is 0.259. The van der Waals surface area contributed by atoms with Gasteiger partial charge in [-0.05, 0) is 50.3 Å². The van der Waals surface area contributed by atoms with Gasteiger partial charge in [-0.1, -0.05) is 0 Å². The Bertz CT molecular complexity index is 387. The lowest BCUT2D eigenvalue weighted by Crippen LogP contribution is -2.43. The molecule has 0 aromatic carbocycles. The van der Waals surface area contributed by atoms with Crippen molar-refractivity contribution in [3.63, 3.8) is 0 Å². The molecule has 1 N–H and O–H groups in total. The molecule has 0 bridgehead atoms. The van der Waals surface area contributed by atoms with Crippen LogP contribution < -0.4 is 10.2 Å². The van der Waals surface area contributed by atoms with Crippen LogP contribution in [0.2, 0.25) is 0 Å². The van der Waals surface area contributed by atoms with E-state index in [-0.39, 0.29) is 5.82 Å². The molecule has 2 atom stereocenters. The van der Waals surface area contributed by atoms with E-state index < -0.39 is 0 Å². The largest absolute Gasteiger partial charge is 0.356 e. The van der Waals surface area contributed by atoms with Crippen molar-refractivity contribution in [3.05, 3.63) is 24.1 Å². The van der Waals surface area contributed by atoms with Gasteiger partial charge in [-0.25, -0.2) is 9.37 Å². The maximum Gasteiger partial charge on any atom is 0.141 e. The molecule has 0 saturated carbocycles. The fourth-order valence-electron chi connectivity index (χ4n) is 3.22. The van der Waals surface area contributed by atoms with Gasteiger partial charge in [0.15, 0.2) is 0 Å². The van der Waals surface area contributed by atoms with Crippen LogP contribution >= 0.6 is 0 Å². The third-order valence-corrected chi connectivity index (χ3v) is 4.16. The smallest absolute Gasteiger partial charge is 0.141 e. The van der Waals surface area contributed by atoms with Crippen LogP contribution in [0.15, 0.2) is 18.3 Å². The molecule has 2 saturated heterocycles. The van der Waals surface area contributed by atoms with Crippen molar-refractivity contribution >= 4 is 5.82 Å². The van der Waals surface area contributed by atoms with Gasteiger partial charge < -0.3 is 10.2 Å². The summed E-state index contributed by atoms with van der Waals surface area (Å²) in [5.74, 6) is 1.37. The molecule has 3 nitrogen and oxygen atoms in total. The summed E-state index contributed by atoms with van der Waals surface area (Å²) in [6.45, 7) is 3.26. The van der Waals surface area contributed by atoms with Crippen molar-refractivity contribution in [2.24, 2.45) is 5.92 Å². The average molecular weight is 249 g/mol. The van der Waals surface area contributed by atoms with Gasteiger partial charge in [-0.15, -0.1) is 0 Å². The Morgan fingerprint density at radius 2 is 2.22 bits per heavy atom. The Labute approximate surface area is 107 Å². The Morgan fingerprint density at radius 1 is 1.28 bits per heavy atom. The first kappa shape index (κ1) is 11.9. The quantitative estimate of drug-likeness (QED) is 0.871. The molecule has 3 rings (SSSR count). The van der Waals surface area contributed by atoms with Gasteiger partial charge in [-0.2, -0.15) is 0 Å². The van der Waals surface area contributed by atoms with Crippen LogP contribution in [0.4, 0.5) is 10.2 Å². The molecule has 2 aliphatic rings. The van der Waals surface area contributed by atoms with Gasteiger partial charge in [0.25, 0.3) is 0 Å². The third kappa shape index (κ3) is 2.48. The highest BCUT2D eigenvalue weighted by atomic mass is 19.1. The number of nitrogens with one attached hydrogen (secondary N) is 1. The zero-order valence-corrected chi connectivity index (χ0v) is 10.6. The maximum absolute atomic E-state index is 12.9. The molecule has 2 aliphatic heterocycles. The molecule has 2 unspecified atom stereocenters. The number of nitrogens with zero attached hydrogens (tertiary/aromatic N) is 2. The number of hydrogen-bond donors (Lipinski definition) is 1. The Kier molecular flexibility index (Phi) is 3.46. The molecule has 0 amide bonds. The third-order valence-electron chi connectivity index (χ3n) is 4.16. The average Bonchev–Trinajstić information content (AvgIpc) is 2.94. The van der Waals surface area contributed by atoms with Crippen molar-refractivity contribution in [1.82, 2.24) is 10.3 Å². The topological polar surface area (TPSA) is 28.2 Å². The molecule has 0 aliphatic carbocycles. The molecule has 3 heterocycles. The second-order valence-electron chi connectivity index (χ2n) is 5.39. The predicted octanol–water partition coefficient (Wildman–Crippen LogP) is 2.19. The number of pyridine rings is 1. The lowest BCUT2D eigenvalue weighted by Gasteiger charge is -2.36. The van der Waals surface area contributed by atoms with Crippen LogP contribution in [-0.2, 0) is 0 Å². The lowest BCUT2D eigenvalue weighted by atomic mass is 9.90. The zero-order valence-electron chi connectivity index (χ0n) is 10.6. The highest BCUT2D eigenvalue weighted by Crippen LogP contribution is 2.27. The molecule has 2 fully saturated rings. The second-order valence-corrected chi connectivity index (χ2v) is 5.39. The van der Waals surface area contributed by atoms with E-state index in [4.69, 9.17) is 0 Å². The van der Waals surface area contributed by atoms with E-state index in [1.165, 1.54) is 37.9 Å². The summed E-state index contributed by atoms with van der Waals surface area (Å²) in [7, 11) is 0. The van der Waals surface area contributed by atoms with Crippen LogP contribution in [0.1, 0.15) is 25.7 Å². The van der Waals surface area contributed by atoms with Crippen LogP contribution in [0.3, 0.4) is 0 Å². The Hall–Kier alpha value is -1.16. The van der Waals surface area contributed by atoms with E-state index in [1.54, 1.807) is 6.07 Å². The molecular formula is C14H20FN3. The minimum Gasteiger partial charge on any atom is -0.356 e. The van der Waals surface area contributed by atoms with Crippen molar-refractivity contribution < 1.29 is 4.39 Å². The van der Waals surface area contributed by atoms with E-state index in [1.807, 2.05) is 0 Å². The van der Waals surface area contributed by atoms with E-state index >= 15 is 0 Å². The van der Waals surface area contributed by atoms with E-state index in [2.05, 4.69) is 15.2 Å². The molecule has 18 heavy (non-hydrogen) atoms. The maximum atomic E-state index is 12.9. The van der Waals surface area contributed by atoms with Crippen LogP contribution in [0.25, 0.3) is 0 Å². The van der Waals surface area contributed by atoms with Gasteiger partial charge in [-0.3, -0.25) is 0 Å². The SMILES string of the molecule is Fc1ccc(N2CCCC(C3CCCN3)C2)nc1. The first-order valence-electron chi connectivity index (χ1n) is 6.93. The predicted molar refractivity (Wildman–Crippen MR) is 70.2 cm³/mol. The summed E-state index contributed by atoms with van der Waals surface area (Å²) in [4.78, 5) is 6.49. The molecule has 1 aromatic rings. The summed E-state index contributed by atoms with van der Waals surface area (Å²) in [6.07, 6.45) is 6.43. The van der Waals surface area contributed by atoms with Crippen molar-refractivity contribution in [2.45, 2.75) is 31.7 Å². The molecule has 98 valence electrons. The van der Waals surface area contributed by atoms with E-state index in [0.29, 0.717) is 12.0 Å². The molecule has 0 spiro atoms. The second kappa shape index (κ2) is 5.22. The molecular weight excluding hydrogens is 229 g/mol. The van der Waals surface area contributed by atoms with Gasteiger partial charge >= 0.3 is 0 Å². The first-order chi connectivity index (χ1) is 8.83. The number of piperidine rings is 1. The van der Waals surface area contributed by atoms with E-state index in [9.17, 15) is 4.39 Å². The van der Waals surface area contributed by atoms with Crippen LogP contribution in [0, 0.1) is 11.7 Å². The summed E-state index contributed by atoms with van der Waals surface area (Å²) in [6, 6.07) is 3.97. The lowest BCUT2D eigenvalue weighted by molar-refractivity contribution is 0.328. The summed E-state index contributed by atoms with van der Waals surface area (Å²) < 4.78 is 12.9. The number of anilines is 1. The van der Waals surface area contributed by atoms with Gasteiger partial charge in [0.2, 0.25) is 0 Å². The summed E-state index contributed by atoms with van der Waals surface area (Å²) in [5.41, 5.74) is 0. The standard InChI is InChI=1S/C14H20FN3/c15-12-5-6-14(17-9-12)18-8-2-3-11(10-18)13-4-1-7-16-13/h5-6,9,11,13,16H,1-4,7-8,10H2. The normalized spacial score (nSPS) is 28.6. The van der Waals surface area contributed by atoms with Crippen molar-refractivity contribution in [1.29, 1.82) is 0 Å². The van der Waals surface area contributed by atoms with Crippen molar-refractivity contribution in [2.75, 3.05) is 24.5 Å². The van der Waals surface area contributed by atoms with E-state index in [0.717, 1.165) is 25.5 Å². The minimum atomic E-state index is -0.259. The van der Waals surface area contributed by atoms with Crippen LogP contribution in [0.5, 0.6) is 0 Å². The van der Waals surface area contributed by atoms with Crippen LogP contribution in [-0.4, -0.2) is 30.7 Å². The number of rotatable bonds is 2. The first-order valence-corrected chi connectivity index (χ1v) is 6.93. The van der Waals surface area contributed by atoms with Gasteiger partial charge in [0.05, 0.1) is 6.20 Å². The number of halogens is 1. The molecule has 1 aromatic heterocycles. The summed E-state index contributed by atoms with van der Waals surface area (Å²) in [5, 5.41) is 3.60. The van der Waals surface area contributed by atoms with Gasteiger partial charge in [0.1, 0.15) is 11.6 Å². The van der Waals surface area contributed by atoms with Gasteiger partial charge in [0, 0.05) is 19.1 Å². The fourth-order valence-corrected chi connectivity index (χ4v) is 3.22. The molecule has 4 heteroatoms. The monoisotopic (exact) mass is 249 g/mol. The fraction of sp³-hybridized carbons (Fsp3) is 0.643. The number of aromatic nitrogens is 1.